The van der Waals surface area contributed by atoms with Gasteiger partial charge in [0.25, 0.3) is 0 Å². The van der Waals surface area contributed by atoms with E-state index in [0.717, 1.165) is 12.1 Å². The van der Waals surface area contributed by atoms with Gasteiger partial charge in [0.15, 0.2) is 5.75 Å². The molecule has 7 nitrogen and oxygen atoms in total. The maximum Gasteiger partial charge on any atom is 0.416 e. The summed E-state index contributed by atoms with van der Waals surface area (Å²) >= 11 is 0. The van der Waals surface area contributed by atoms with E-state index in [-0.39, 0.29) is 36.0 Å². The number of methoxy groups -OCH3 is 1. The van der Waals surface area contributed by atoms with Crippen LogP contribution in [0.3, 0.4) is 0 Å². The third-order valence-electron chi connectivity index (χ3n) is 6.71. The van der Waals surface area contributed by atoms with E-state index in [1.807, 2.05) is 4.90 Å². The Bertz CT molecular complexity index is 1520. The molecule has 1 saturated heterocycles. The lowest BCUT2D eigenvalue weighted by Gasteiger charge is -2.40. The predicted octanol–water partition coefficient (Wildman–Crippen LogP) is 5.60. The fourth-order valence-corrected chi connectivity index (χ4v) is 6.60. The number of sulfonamides is 1. The number of aryl methyl sites for hydroxylation is 1. The summed E-state index contributed by atoms with van der Waals surface area (Å²) < 4.78 is 80.2. The summed E-state index contributed by atoms with van der Waals surface area (Å²) in [6, 6.07) is 14.7. The molecule has 11 heteroatoms. The van der Waals surface area contributed by atoms with Gasteiger partial charge in [-0.1, -0.05) is 18.2 Å². The molecule has 0 N–H and O–H groups in total. The first-order valence-electron chi connectivity index (χ1n) is 12.0. The summed E-state index contributed by atoms with van der Waals surface area (Å²) in [5, 5.41) is 0. The molecule has 0 aliphatic carbocycles. The van der Waals surface area contributed by atoms with Crippen molar-refractivity contribution in [2.75, 3.05) is 26.7 Å². The molecule has 2 aliphatic heterocycles. The molecule has 0 aromatic heterocycles. The molecule has 1 fully saturated rings. The maximum atomic E-state index is 13.5. The molecular formula is C27H26F3N3O4S. The summed E-state index contributed by atoms with van der Waals surface area (Å²) in [5.74, 6) is 1.51. The third-order valence-corrected chi connectivity index (χ3v) is 8.88. The van der Waals surface area contributed by atoms with Crippen molar-refractivity contribution < 1.29 is 31.1 Å². The second-order valence-electron chi connectivity index (χ2n) is 9.26. The van der Waals surface area contributed by atoms with Gasteiger partial charge < -0.3 is 14.4 Å². The van der Waals surface area contributed by atoms with Crippen molar-refractivity contribution >= 4 is 21.5 Å². The van der Waals surface area contributed by atoms with Gasteiger partial charge in [-0.2, -0.15) is 17.5 Å². The normalized spacial score (nSPS) is 18.1. The first-order chi connectivity index (χ1) is 18.0. The van der Waals surface area contributed by atoms with Crippen molar-refractivity contribution in [1.29, 1.82) is 0 Å². The molecule has 0 amide bonds. The topological polar surface area (TPSA) is 71.4 Å². The van der Waals surface area contributed by atoms with Gasteiger partial charge in [-0.25, -0.2) is 13.4 Å². The summed E-state index contributed by atoms with van der Waals surface area (Å²) in [6.07, 6.45) is -4.54. The van der Waals surface area contributed by atoms with E-state index < -0.39 is 27.8 Å². The summed E-state index contributed by atoms with van der Waals surface area (Å²) in [6.45, 7) is 4.28. The van der Waals surface area contributed by atoms with Crippen LogP contribution in [0.2, 0.25) is 0 Å². The number of fused-ring (bicyclic) bond motifs is 2. The van der Waals surface area contributed by atoms with Crippen LogP contribution in [0.15, 0.2) is 70.6 Å². The highest BCUT2D eigenvalue weighted by Crippen LogP contribution is 2.42. The minimum absolute atomic E-state index is 0.0348. The number of amidine groups is 1. The predicted molar refractivity (Wildman–Crippen MR) is 137 cm³/mol. The van der Waals surface area contributed by atoms with Gasteiger partial charge in [0, 0.05) is 25.7 Å². The van der Waals surface area contributed by atoms with Crippen LogP contribution in [0.5, 0.6) is 17.2 Å². The fraction of sp³-hybridized carbons (Fsp3) is 0.296. The monoisotopic (exact) mass is 545 g/mol. The maximum absolute atomic E-state index is 13.5. The number of nitrogens with zero attached hydrogens (tertiary/aromatic N) is 3. The quantitative estimate of drug-likeness (QED) is 0.429. The molecule has 0 saturated carbocycles. The van der Waals surface area contributed by atoms with Crippen molar-refractivity contribution in [3.63, 3.8) is 0 Å². The number of halogens is 3. The standard InChI is InChI=1S/C27H26F3N3O4S/c1-17-6-4-5-7-25(17)38(34,35)33-13-12-32(16-18(33)2)26-21-15-20(36-3)9-11-23(21)37-24-10-8-19(27(28,29)30)14-22(24)31-26/h4-11,14-15,18H,12-13,16H2,1-3H3. The van der Waals surface area contributed by atoms with Gasteiger partial charge in [-0.3, -0.25) is 0 Å². The van der Waals surface area contributed by atoms with Crippen LogP contribution < -0.4 is 9.47 Å². The first-order valence-corrected chi connectivity index (χ1v) is 13.4. The zero-order valence-electron chi connectivity index (χ0n) is 21.0. The van der Waals surface area contributed by atoms with Crippen molar-refractivity contribution in [2.24, 2.45) is 4.99 Å². The summed E-state index contributed by atoms with van der Waals surface area (Å²) in [7, 11) is -2.24. The van der Waals surface area contributed by atoms with Gasteiger partial charge in [0.2, 0.25) is 10.0 Å². The second kappa shape index (κ2) is 9.63. The molecule has 38 heavy (non-hydrogen) atoms. The van der Waals surface area contributed by atoms with Crippen LogP contribution in [0.1, 0.15) is 23.6 Å². The van der Waals surface area contributed by atoms with E-state index >= 15 is 0 Å². The van der Waals surface area contributed by atoms with E-state index in [9.17, 15) is 21.6 Å². The van der Waals surface area contributed by atoms with Crippen molar-refractivity contribution in [2.45, 2.75) is 31.0 Å². The van der Waals surface area contributed by atoms with Crippen molar-refractivity contribution in [3.05, 3.63) is 77.4 Å². The minimum atomic E-state index is -4.54. The van der Waals surface area contributed by atoms with E-state index in [1.165, 1.54) is 17.5 Å². The Hall–Kier alpha value is -3.57. The zero-order valence-corrected chi connectivity index (χ0v) is 21.8. The van der Waals surface area contributed by atoms with Crippen LogP contribution in [0.25, 0.3) is 0 Å². The molecule has 0 radical (unpaired) electrons. The molecule has 3 aromatic rings. The molecule has 2 heterocycles. The molecule has 0 bridgehead atoms. The van der Waals surface area contributed by atoms with Gasteiger partial charge in [0.1, 0.15) is 23.0 Å². The minimum Gasteiger partial charge on any atom is -0.497 e. The fourth-order valence-electron chi connectivity index (χ4n) is 4.76. The van der Waals surface area contributed by atoms with Gasteiger partial charge in [-0.15, -0.1) is 0 Å². The highest BCUT2D eigenvalue weighted by atomic mass is 32.2. The van der Waals surface area contributed by atoms with Crippen LogP contribution >= 0.6 is 0 Å². The van der Waals surface area contributed by atoms with E-state index in [4.69, 9.17) is 9.47 Å². The van der Waals surface area contributed by atoms with Crippen LogP contribution in [-0.4, -0.2) is 56.2 Å². The molecule has 5 rings (SSSR count). The Labute approximate surface area is 219 Å². The Morgan fingerprint density at radius 1 is 1.03 bits per heavy atom. The lowest BCUT2D eigenvalue weighted by molar-refractivity contribution is -0.137. The summed E-state index contributed by atoms with van der Waals surface area (Å²) in [5.41, 5.74) is 0.392. The smallest absolute Gasteiger partial charge is 0.416 e. The van der Waals surface area contributed by atoms with Crippen LogP contribution in [-0.2, 0) is 16.2 Å². The molecule has 1 atom stereocenters. The number of hydrogen-bond acceptors (Lipinski definition) is 6. The second-order valence-corrected chi connectivity index (χ2v) is 11.1. The number of aliphatic imine (C=N–C) groups is 1. The third kappa shape index (κ3) is 4.71. The first kappa shape index (κ1) is 26.1. The van der Waals surface area contributed by atoms with E-state index in [2.05, 4.69) is 4.99 Å². The Kier molecular flexibility index (Phi) is 6.60. The number of benzene rings is 3. The lowest BCUT2D eigenvalue weighted by atomic mass is 10.1. The average Bonchev–Trinajstić information content (AvgIpc) is 3.04. The molecule has 3 aromatic carbocycles. The highest BCUT2D eigenvalue weighted by Gasteiger charge is 2.37. The Balaban J connectivity index is 1.54. The molecular weight excluding hydrogens is 519 g/mol. The molecule has 1 unspecified atom stereocenters. The average molecular weight is 546 g/mol. The van der Waals surface area contributed by atoms with E-state index in [1.54, 1.807) is 56.3 Å². The number of ether oxygens (including phenoxy) is 2. The van der Waals surface area contributed by atoms with E-state index in [0.29, 0.717) is 28.5 Å². The SMILES string of the molecule is COc1ccc2c(c1)C(N1CCN(S(=O)(=O)c3ccccc3C)C(C)C1)=Nc1cc(C(F)(F)F)ccc1O2. The zero-order chi connectivity index (χ0) is 27.2. The van der Waals surface area contributed by atoms with Gasteiger partial charge >= 0.3 is 6.18 Å². The largest absolute Gasteiger partial charge is 0.497 e. The number of hydrogen-bond donors (Lipinski definition) is 0. The number of piperazine rings is 1. The van der Waals surface area contributed by atoms with Crippen molar-refractivity contribution in [1.82, 2.24) is 9.21 Å². The van der Waals surface area contributed by atoms with Gasteiger partial charge in [0.05, 0.1) is 23.1 Å². The summed E-state index contributed by atoms with van der Waals surface area (Å²) in [4.78, 5) is 6.78. The molecule has 200 valence electrons. The van der Waals surface area contributed by atoms with Crippen LogP contribution in [0, 0.1) is 6.92 Å². The molecule has 2 aliphatic rings. The number of rotatable bonds is 3. The Morgan fingerprint density at radius 2 is 1.76 bits per heavy atom. The van der Waals surface area contributed by atoms with Gasteiger partial charge in [-0.05, 0) is 61.9 Å². The van der Waals surface area contributed by atoms with Crippen LogP contribution in [0.4, 0.5) is 18.9 Å². The van der Waals surface area contributed by atoms with Crippen molar-refractivity contribution in [3.8, 4) is 17.2 Å². The number of alkyl halides is 3. The molecule has 0 spiro atoms. The Morgan fingerprint density at radius 3 is 2.45 bits per heavy atom. The lowest BCUT2D eigenvalue weighted by Crippen LogP contribution is -2.55. The highest BCUT2D eigenvalue weighted by molar-refractivity contribution is 7.89.